The highest BCUT2D eigenvalue weighted by molar-refractivity contribution is 5.85. The van der Waals surface area contributed by atoms with Crippen molar-refractivity contribution in [2.24, 2.45) is 0 Å². The average Bonchev–Trinajstić information content (AvgIpc) is 2.69. The normalized spacial score (nSPS) is 11.8. The van der Waals surface area contributed by atoms with Crippen molar-refractivity contribution in [2.75, 3.05) is 39.5 Å². The van der Waals surface area contributed by atoms with Crippen LogP contribution >= 0.6 is 12.4 Å². The molecule has 2 aromatic carbocycles. The molecular formula is C22H32ClNO4. The maximum absolute atomic E-state index is 9.51. The van der Waals surface area contributed by atoms with E-state index in [1.807, 2.05) is 50.2 Å². The van der Waals surface area contributed by atoms with Gasteiger partial charge in [0.1, 0.15) is 0 Å². The fourth-order valence-corrected chi connectivity index (χ4v) is 3.25. The molecule has 0 fully saturated rings. The summed E-state index contributed by atoms with van der Waals surface area (Å²) in [5, 5.41) is 19.0. The molecule has 0 aliphatic rings. The summed E-state index contributed by atoms with van der Waals surface area (Å²) in [6, 6.07) is 16.3. The summed E-state index contributed by atoms with van der Waals surface area (Å²) in [6.07, 6.45) is 0.778. The molecule has 1 unspecified atom stereocenters. The standard InChI is InChI=1S/C22H31NO4.ClH/c1-3-26-21-11-10-19(17-22(21)27-4-2)20(23(12-14-24)13-15-25)16-18-8-6-5-7-9-18;/h5-11,17,20,24-25H,3-4,12-16H2,1-2H3;1H. The first kappa shape index (κ1) is 24.2. The lowest BCUT2D eigenvalue weighted by Crippen LogP contribution is -2.35. The lowest BCUT2D eigenvalue weighted by Gasteiger charge is -2.32. The summed E-state index contributed by atoms with van der Waals surface area (Å²) in [5.41, 5.74) is 2.28. The minimum atomic E-state index is 0. The Kier molecular flexibility index (Phi) is 11.6. The first-order valence-electron chi connectivity index (χ1n) is 9.62. The highest BCUT2D eigenvalue weighted by Gasteiger charge is 2.22. The number of aliphatic hydroxyl groups excluding tert-OH is 2. The Labute approximate surface area is 174 Å². The zero-order valence-corrected chi connectivity index (χ0v) is 17.5. The summed E-state index contributed by atoms with van der Waals surface area (Å²) < 4.78 is 11.5. The van der Waals surface area contributed by atoms with Gasteiger partial charge >= 0.3 is 0 Å². The molecule has 0 amide bonds. The zero-order valence-electron chi connectivity index (χ0n) is 16.7. The van der Waals surface area contributed by atoms with Crippen molar-refractivity contribution in [1.29, 1.82) is 0 Å². The number of halogens is 1. The lowest BCUT2D eigenvalue weighted by molar-refractivity contribution is 0.121. The average molecular weight is 410 g/mol. The Morgan fingerprint density at radius 3 is 2.04 bits per heavy atom. The number of nitrogens with zero attached hydrogens (tertiary/aromatic N) is 1. The van der Waals surface area contributed by atoms with Crippen molar-refractivity contribution in [3.63, 3.8) is 0 Å². The van der Waals surface area contributed by atoms with E-state index in [1.165, 1.54) is 5.56 Å². The first-order chi connectivity index (χ1) is 13.2. The third-order valence-corrected chi connectivity index (χ3v) is 4.44. The van der Waals surface area contributed by atoms with Crippen LogP contribution in [0.5, 0.6) is 11.5 Å². The van der Waals surface area contributed by atoms with E-state index in [0.29, 0.717) is 26.3 Å². The molecule has 5 nitrogen and oxygen atoms in total. The molecule has 1 atom stereocenters. The van der Waals surface area contributed by atoms with Crippen LogP contribution < -0.4 is 9.47 Å². The van der Waals surface area contributed by atoms with Crippen LogP contribution in [0.4, 0.5) is 0 Å². The van der Waals surface area contributed by atoms with Gasteiger partial charge in [-0.3, -0.25) is 4.90 Å². The number of hydrogen-bond acceptors (Lipinski definition) is 5. The van der Waals surface area contributed by atoms with Gasteiger partial charge in [-0.2, -0.15) is 0 Å². The molecule has 0 radical (unpaired) electrons. The fraction of sp³-hybridized carbons (Fsp3) is 0.455. The van der Waals surface area contributed by atoms with E-state index in [1.54, 1.807) is 0 Å². The Bertz CT molecular complexity index is 663. The summed E-state index contributed by atoms with van der Waals surface area (Å²) in [6.45, 7) is 6.11. The van der Waals surface area contributed by atoms with Crippen molar-refractivity contribution in [2.45, 2.75) is 26.3 Å². The van der Waals surface area contributed by atoms with Crippen molar-refractivity contribution < 1.29 is 19.7 Å². The number of hydrogen-bond donors (Lipinski definition) is 2. The van der Waals surface area contributed by atoms with E-state index >= 15 is 0 Å². The van der Waals surface area contributed by atoms with Crippen LogP contribution in [0.2, 0.25) is 0 Å². The largest absolute Gasteiger partial charge is 0.490 e. The highest BCUT2D eigenvalue weighted by Crippen LogP contribution is 2.34. The van der Waals surface area contributed by atoms with E-state index in [9.17, 15) is 10.2 Å². The smallest absolute Gasteiger partial charge is 0.161 e. The molecule has 156 valence electrons. The molecule has 2 N–H and O–H groups in total. The predicted molar refractivity (Wildman–Crippen MR) is 115 cm³/mol. The van der Waals surface area contributed by atoms with Gasteiger partial charge in [-0.15, -0.1) is 12.4 Å². The van der Waals surface area contributed by atoms with Crippen LogP contribution in [0, 0.1) is 0 Å². The van der Waals surface area contributed by atoms with E-state index in [2.05, 4.69) is 17.0 Å². The summed E-state index contributed by atoms with van der Waals surface area (Å²) >= 11 is 0. The van der Waals surface area contributed by atoms with Gasteiger partial charge < -0.3 is 19.7 Å². The third-order valence-electron chi connectivity index (χ3n) is 4.44. The van der Waals surface area contributed by atoms with Gasteiger partial charge in [0.25, 0.3) is 0 Å². The lowest BCUT2D eigenvalue weighted by atomic mass is 9.96. The van der Waals surface area contributed by atoms with Gasteiger partial charge in [0.2, 0.25) is 0 Å². The minimum Gasteiger partial charge on any atom is -0.490 e. The van der Waals surface area contributed by atoms with Gasteiger partial charge in [0, 0.05) is 19.1 Å². The number of rotatable bonds is 12. The Balaban J connectivity index is 0.00000392. The SMILES string of the molecule is CCOc1ccc(C(Cc2ccccc2)N(CCO)CCO)cc1OCC.Cl. The second-order valence-corrected chi connectivity index (χ2v) is 6.26. The van der Waals surface area contributed by atoms with E-state index in [-0.39, 0.29) is 31.7 Å². The van der Waals surface area contributed by atoms with Crippen LogP contribution in [0.3, 0.4) is 0 Å². The molecule has 0 saturated carbocycles. The molecule has 0 spiro atoms. The van der Waals surface area contributed by atoms with Crippen LogP contribution in [0.25, 0.3) is 0 Å². The molecular weight excluding hydrogens is 378 g/mol. The minimum absolute atomic E-state index is 0. The second kappa shape index (κ2) is 13.4. The fourth-order valence-electron chi connectivity index (χ4n) is 3.25. The van der Waals surface area contributed by atoms with Gasteiger partial charge in [-0.05, 0) is 43.5 Å². The molecule has 0 saturated heterocycles. The molecule has 2 rings (SSSR count). The summed E-state index contributed by atoms with van der Waals surface area (Å²) in [4.78, 5) is 2.11. The molecule has 0 heterocycles. The first-order valence-corrected chi connectivity index (χ1v) is 9.62. The predicted octanol–water partition coefficient (Wildman–Crippen LogP) is 3.48. The summed E-state index contributed by atoms with van der Waals surface area (Å²) in [5.74, 6) is 1.46. The van der Waals surface area contributed by atoms with E-state index in [0.717, 1.165) is 23.5 Å². The van der Waals surface area contributed by atoms with Gasteiger partial charge in [0.05, 0.1) is 26.4 Å². The number of aliphatic hydroxyl groups is 2. The maximum Gasteiger partial charge on any atom is 0.161 e. The van der Waals surface area contributed by atoms with Crippen molar-refractivity contribution in [3.05, 3.63) is 59.7 Å². The van der Waals surface area contributed by atoms with Crippen molar-refractivity contribution in [3.8, 4) is 11.5 Å². The Morgan fingerprint density at radius 2 is 1.46 bits per heavy atom. The van der Waals surface area contributed by atoms with Crippen LogP contribution in [0.15, 0.2) is 48.5 Å². The van der Waals surface area contributed by atoms with Crippen molar-refractivity contribution >= 4 is 12.4 Å². The molecule has 2 aromatic rings. The number of ether oxygens (including phenoxy) is 2. The van der Waals surface area contributed by atoms with E-state index in [4.69, 9.17) is 9.47 Å². The maximum atomic E-state index is 9.51. The molecule has 28 heavy (non-hydrogen) atoms. The molecule has 0 aliphatic carbocycles. The Morgan fingerprint density at radius 1 is 0.857 bits per heavy atom. The van der Waals surface area contributed by atoms with Crippen molar-refractivity contribution in [1.82, 2.24) is 4.90 Å². The van der Waals surface area contributed by atoms with Crippen LogP contribution in [-0.2, 0) is 6.42 Å². The molecule has 0 bridgehead atoms. The van der Waals surface area contributed by atoms with Gasteiger partial charge in [-0.1, -0.05) is 36.4 Å². The van der Waals surface area contributed by atoms with Crippen LogP contribution in [0.1, 0.15) is 31.0 Å². The van der Waals surface area contributed by atoms with Crippen LogP contribution in [-0.4, -0.2) is 54.6 Å². The topological polar surface area (TPSA) is 62.2 Å². The molecule has 6 heteroatoms. The quantitative estimate of drug-likeness (QED) is 0.562. The zero-order chi connectivity index (χ0) is 19.5. The summed E-state index contributed by atoms with van der Waals surface area (Å²) in [7, 11) is 0. The van der Waals surface area contributed by atoms with Gasteiger partial charge in [0.15, 0.2) is 11.5 Å². The van der Waals surface area contributed by atoms with Gasteiger partial charge in [-0.25, -0.2) is 0 Å². The van der Waals surface area contributed by atoms with E-state index < -0.39 is 0 Å². The molecule has 0 aliphatic heterocycles. The monoisotopic (exact) mass is 409 g/mol. The highest BCUT2D eigenvalue weighted by atomic mass is 35.5. The Hall–Kier alpha value is -1.79. The number of benzene rings is 2. The molecule has 0 aromatic heterocycles. The third kappa shape index (κ3) is 6.99. The second-order valence-electron chi connectivity index (χ2n) is 6.26.